The van der Waals surface area contributed by atoms with E-state index in [1.807, 2.05) is 36.4 Å². The van der Waals surface area contributed by atoms with E-state index in [1.165, 1.54) is 0 Å². The van der Waals surface area contributed by atoms with Crippen molar-refractivity contribution < 1.29 is 9.53 Å². The van der Waals surface area contributed by atoms with Crippen molar-refractivity contribution in [1.82, 2.24) is 5.32 Å². The summed E-state index contributed by atoms with van der Waals surface area (Å²) in [6, 6.07) is 14.0. The highest BCUT2D eigenvalue weighted by atomic mass is 16.5. The second kappa shape index (κ2) is 6.84. The topological polar surface area (TPSA) is 38.3 Å². The van der Waals surface area contributed by atoms with Gasteiger partial charge in [0.1, 0.15) is 5.75 Å². The van der Waals surface area contributed by atoms with E-state index in [0.29, 0.717) is 5.75 Å². The van der Waals surface area contributed by atoms with Crippen molar-refractivity contribution in [2.45, 2.75) is 59.6 Å². The predicted octanol–water partition coefficient (Wildman–Crippen LogP) is 4.94. The maximum atomic E-state index is 12.5. The first kappa shape index (κ1) is 18.3. The van der Waals surface area contributed by atoms with Gasteiger partial charge in [0.25, 0.3) is 5.91 Å². The van der Waals surface area contributed by atoms with Gasteiger partial charge in [-0.25, -0.2) is 0 Å². The van der Waals surface area contributed by atoms with Gasteiger partial charge < -0.3 is 10.1 Å². The number of amides is 1. The Morgan fingerprint density at radius 3 is 2.29 bits per heavy atom. The van der Waals surface area contributed by atoms with Gasteiger partial charge in [0.15, 0.2) is 6.10 Å². The van der Waals surface area contributed by atoms with E-state index in [9.17, 15) is 4.79 Å². The molecule has 0 bridgehead atoms. The smallest absolute Gasteiger partial charge is 0.261 e. The van der Waals surface area contributed by atoms with Crippen molar-refractivity contribution in [2.24, 2.45) is 5.41 Å². The number of benzene rings is 2. The van der Waals surface area contributed by atoms with Crippen LogP contribution in [0.2, 0.25) is 0 Å². The largest absolute Gasteiger partial charge is 0.481 e. The molecule has 1 amide bonds. The average molecular weight is 327 g/mol. The lowest BCUT2D eigenvalue weighted by molar-refractivity contribution is -0.129. The molecule has 0 aliphatic heterocycles. The van der Waals surface area contributed by atoms with Crippen molar-refractivity contribution in [3.8, 4) is 5.75 Å². The lowest BCUT2D eigenvalue weighted by Crippen LogP contribution is -2.50. The lowest BCUT2D eigenvalue weighted by atomic mass is 9.81. The molecular formula is C21H29NO2. The fourth-order valence-corrected chi connectivity index (χ4v) is 3.30. The van der Waals surface area contributed by atoms with Crippen LogP contribution in [-0.4, -0.2) is 17.6 Å². The van der Waals surface area contributed by atoms with Crippen molar-refractivity contribution in [2.75, 3.05) is 0 Å². The maximum Gasteiger partial charge on any atom is 0.261 e. The lowest BCUT2D eigenvalue weighted by Gasteiger charge is -2.34. The second-order valence-electron chi connectivity index (χ2n) is 8.38. The molecule has 0 spiro atoms. The molecule has 0 radical (unpaired) electrons. The molecule has 1 atom stereocenters. The third-order valence-electron chi connectivity index (χ3n) is 3.84. The van der Waals surface area contributed by atoms with Crippen LogP contribution in [-0.2, 0) is 4.79 Å². The third-order valence-corrected chi connectivity index (χ3v) is 3.84. The van der Waals surface area contributed by atoms with Crippen molar-refractivity contribution >= 4 is 16.7 Å². The fourth-order valence-electron chi connectivity index (χ4n) is 3.30. The fraction of sp³-hybridized carbons (Fsp3) is 0.476. The molecule has 0 aliphatic rings. The van der Waals surface area contributed by atoms with E-state index < -0.39 is 6.10 Å². The summed E-state index contributed by atoms with van der Waals surface area (Å²) < 4.78 is 5.85. The van der Waals surface area contributed by atoms with Crippen LogP contribution in [0.5, 0.6) is 5.75 Å². The van der Waals surface area contributed by atoms with Crippen LogP contribution in [0.4, 0.5) is 0 Å². The Hall–Kier alpha value is -2.03. The summed E-state index contributed by atoms with van der Waals surface area (Å²) >= 11 is 0. The van der Waals surface area contributed by atoms with Crippen molar-refractivity contribution in [3.63, 3.8) is 0 Å². The molecule has 0 saturated heterocycles. The molecule has 0 aliphatic carbocycles. The molecule has 0 fully saturated rings. The highest BCUT2D eigenvalue weighted by molar-refractivity contribution is 5.84. The summed E-state index contributed by atoms with van der Waals surface area (Å²) in [6.07, 6.45) is 0.361. The third kappa shape index (κ3) is 5.26. The number of carbonyl (C=O) groups excluding carboxylic acids is 1. The molecule has 3 heteroatoms. The highest BCUT2D eigenvalue weighted by Crippen LogP contribution is 2.27. The number of fused-ring (bicyclic) bond motifs is 1. The van der Waals surface area contributed by atoms with E-state index in [-0.39, 0.29) is 16.9 Å². The van der Waals surface area contributed by atoms with Crippen LogP contribution in [0.15, 0.2) is 42.5 Å². The van der Waals surface area contributed by atoms with Gasteiger partial charge in [-0.1, -0.05) is 51.1 Å². The molecule has 3 nitrogen and oxygen atoms in total. The Kier molecular flexibility index (Phi) is 5.22. The molecule has 1 N–H and O–H groups in total. The number of nitrogens with one attached hydrogen (secondary N) is 1. The molecule has 0 unspecified atom stereocenters. The highest BCUT2D eigenvalue weighted by Gasteiger charge is 2.29. The number of ether oxygens (including phenoxy) is 1. The zero-order chi connectivity index (χ0) is 18.0. The quantitative estimate of drug-likeness (QED) is 0.845. The summed E-state index contributed by atoms with van der Waals surface area (Å²) in [5.41, 5.74) is -0.116. The predicted molar refractivity (Wildman–Crippen MR) is 100 cm³/mol. The molecular weight excluding hydrogens is 298 g/mol. The number of carbonyl (C=O) groups is 1. The zero-order valence-corrected chi connectivity index (χ0v) is 15.6. The SMILES string of the molecule is C[C@@H](Oc1ccc2ccccc2c1)C(=O)NC(C)(C)CC(C)(C)C. The monoisotopic (exact) mass is 327 g/mol. The molecule has 24 heavy (non-hydrogen) atoms. The molecule has 2 aromatic carbocycles. The first-order chi connectivity index (χ1) is 11.1. The van der Waals surface area contributed by atoms with Crippen molar-refractivity contribution in [3.05, 3.63) is 42.5 Å². The van der Waals surface area contributed by atoms with Gasteiger partial charge in [0.2, 0.25) is 0 Å². The van der Waals surface area contributed by atoms with E-state index in [2.05, 4.69) is 46.0 Å². The summed E-state index contributed by atoms with van der Waals surface area (Å²) in [7, 11) is 0. The van der Waals surface area contributed by atoms with Crippen LogP contribution in [0.3, 0.4) is 0 Å². The van der Waals surface area contributed by atoms with Gasteiger partial charge in [-0.15, -0.1) is 0 Å². The molecule has 0 saturated carbocycles. The summed E-state index contributed by atoms with van der Waals surface area (Å²) in [6.45, 7) is 12.4. The second-order valence-corrected chi connectivity index (χ2v) is 8.38. The Bertz CT molecular complexity index is 713. The standard InChI is InChI=1S/C21H29NO2/c1-15(19(23)22-21(5,6)14-20(2,3)4)24-18-12-11-16-9-7-8-10-17(16)13-18/h7-13,15H,14H2,1-6H3,(H,22,23)/t15-/m1/s1. The minimum absolute atomic E-state index is 0.0857. The number of rotatable bonds is 5. The molecule has 130 valence electrons. The number of hydrogen-bond donors (Lipinski definition) is 1. The average Bonchev–Trinajstić information content (AvgIpc) is 2.43. The summed E-state index contributed by atoms with van der Waals surface area (Å²) in [5, 5.41) is 5.37. The van der Waals surface area contributed by atoms with Crippen molar-refractivity contribution in [1.29, 1.82) is 0 Å². The zero-order valence-electron chi connectivity index (χ0n) is 15.6. The van der Waals surface area contributed by atoms with Gasteiger partial charge >= 0.3 is 0 Å². The first-order valence-corrected chi connectivity index (χ1v) is 8.53. The van der Waals surface area contributed by atoms with E-state index >= 15 is 0 Å². The van der Waals surface area contributed by atoms with E-state index in [4.69, 9.17) is 4.74 Å². The van der Waals surface area contributed by atoms with Crippen LogP contribution >= 0.6 is 0 Å². The maximum absolute atomic E-state index is 12.5. The van der Waals surface area contributed by atoms with Gasteiger partial charge in [-0.2, -0.15) is 0 Å². The minimum Gasteiger partial charge on any atom is -0.481 e. The van der Waals surface area contributed by atoms with Gasteiger partial charge in [0.05, 0.1) is 0 Å². The van der Waals surface area contributed by atoms with Gasteiger partial charge in [0, 0.05) is 5.54 Å². The first-order valence-electron chi connectivity index (χ1n) is 8.53. The van der Waals surface area contributed by atoms with Gasteiger partial charge in [-0.05, 0) is 55.5 Å². The molecule has 0 heterocycles. The Morgan fingerprint density at radius 2 is 1.67 bits per heavy atom. The van der Waals surface area contributed by atoms with Crippen LogP contribution in [0.1, 0.15) is 48.0 Å². The van der Waals surface area contributed by atoms with Crippen LogP contribution in [0.25, 0.3) is 10.8 Å². The number of hydrogen-bond acceptors (Lipinski definition) is 2. The van der Waals surface area contributed by atoms with Crippen LogP contribution in [0, 0.1) is 5.41 Å². The molecule has 2 rings (SSSR count). The van der Waals surface area contributed by atoms with Crippen LogP contribution < -0.4 is 10.1 Å². The van der Waals surface area contributed by atoms with E-state index in [1.54, 1.807) is 6.92 Å². The molecule has 0 aromatic heterocycles. The Balaban J connectivity index is 2.02. The Labute approximate surface area is 145 Å². The molecule has 2 aromatic rings. The van der Waals surface area contributed by atoms with Gasteiger partial charge in [-0.3, -0.25) is 4.79 Å². The van der Waals surface area contributed by atoms with E-state index in [0.717, 1.165) is 17.2 Å². The normalized spacial score (nSPS) is 13.6. The minimum atomic E-state index is -0.537. The summed E-state index contributed by atoms with van der Waals surface area (Å²) in [4.78, 5) is 12.5. The summed E-state index contributed by atoms with van der Waals surface area (Å²) in [5.74, 6) is 0.627. The Morgan fingerprint density at radius 1 is 1.04 bits per heavy atom.